The number of thioether (sulfide) groups is 1. The number of nitrogens with zero attached hydrogens (tertiary/aromatic N) is 3. The number of anilines is 1. The number of para-hydroxylation sites is 1. The van der Waals surface area contributed by atoms with Crippen molar-refractivity contribution in [2.75, 3.05) is 17.6 Å². The first-order chi connectivity index (χ1) is 18.5. The van der Waals surface area contributed by atoms with Crippen LogP contribution >= 0.6 is 11.8 Å². The van der Waals surface area contributed by atoms with Crippen LogP contribution in [0.25, 0.3) is 0 Å². The van der Waals surface area contributed by atoms with Gasteiger partial charge >= 0.3 is 0 Å². The molecular formula is C28H24FN5O3S. The first-order valence-electron chi connectivity index (χ1n) is 12.1. The number of carbonyl (C=O) groups is 3. The molecule has 3 aromatic carbocycles. The van der Waals surface area contributed by atoms with Gasteiger partial charge < -0.3 is 10.6 Å². The summed E-state index contributed by atoms with van der Waals surface area (Å²) in [7, 11) is 0. The molecule has 0 spiro atoms. The van der Waals surface area contributed by atoms with Gasteiger partial charge in [-0.15, -0.1) is 0 Å². The van der Waals surface area contributed by atoms with Crippen LogP contribution in [-0.2, 0) is 20.8 Å². The van der Waals surface area contributed by atoms with Crippen molar-refractivity contribution in [2.45, 2.75) is 18.9 Å². The minimum absolute atomic E-state index is 0.0277. The Kier molecular flexibility index (Phi) is 7.60. The molecule has 1 atom stereocenters. The molecule has 0 radical (unpaired) electrons. The molecule has 0 aromatic heterocycles. The Labute approximate surface area is 223 Å². The van der Waals surface area contributed by atoms with E-state index in [0.717, 1.165) is 17.3 Å². The van der Waals surface area contributed by atoms with Crippen LogP contribution in [-0.4, -0.2) is 52.0 Å². The Bertz CT molecular complexity index is 1430. The maximum absolute atomic E-state index is 13.4. The highest BCUT2D eigenvalue weighted by Crippen LogP contribution is 2.34. The predicted octanol–water partition coefficient (Wildman–Crippen LogP) is 3.91. The number of hydrogen-bond acceptors (Lipinski definition) is 6. The summed E-state index contributed by atoms with van der Waals surface area (Å²) in [6.07, 6.45) is 0.603. The molecule has 10 heteroatoms. The number of hydrogen-bond donors (Lipinski definition) is 2. The van der Waals surface area contributed by atoms with Crippen molar-refractivity contribution in [3.05, 3.63) is 95.8 Å². The SMILES string of the molecule is O=C(C[C@H]1N=C2c3ccccc3N=C(SCC(=O)Nc3ccc(F)cc3)N2C1=O)NCCc1ccccc1. The third-order valence-corrected chi connectivity index (χ3v) is 6.90. The zero-order valence-electron chi connectivity index (χ0n) is 20.3. The summed E-state index contributed by atoms with van der Waals surface area (Å²) in [6, 6.07) is 21.7. The van der Waals surface area contributed by atoms with E-state index in [4.69, 9.17) is 0 Å². The standard InChI is InChI=1S/C28H24FN5O3S/c29-19-10-12-20(13-11-19)31-25(36)17-38-28-33-22-9-5-4-8-21(22)26-32-23(27(37)34(26)28)16-24(35)30-15-14-18-6-2-1-3-7-18/h1-13,23H,14-17H2,(H,30,35)(H,31,36)/t23-/m1/s1. The molecule has 192 valence electrons. The van der Waals surface area contributed by atoms with E-state index in [1.165, 1.54) is 29.2 Å². The number of aliphatic imine (C=N–C) groups is 2. The van der Waals surface area contributed by atoms with Gasteiger partial charge in [-0.25, -0.2) is 14.3 Å². The number of amidine groups is 2. The van der Waals surface area contributed by atoms with Gasteiger partial charge in [0, 0.05) is 17.8 Å². The largest absolute Gasteiger partial charge is 0.356 e. The normalized spacial score (nSPS) is 15.8. The van der Waals surface area contributed by atoms with E-state index >= 15 is 0 Å². The van der Waals surface area contributed by atoms with E-state index in [9.17, 15) is 18.8 Å². The lowest BCUT2D eigenvalue weighted by Gasteiger charge is -2.25. The van der Waals surface area contributed by atoms with Crippen molar-refractivity contribution >= 4 is 51.9 Å². The third-order valence-electron chi connectivity index (χ3n) is 5.97. The molecular weight excluding hydrogens is 505 g/mol. The zero-order chi connectivity index (χ0) is 26.5. The Hall–Kier alpha value is -4.31. The molecule has 0 fully saturated rings. The number of benzene rings is 3. The highest BCUT2D eigenvalue weighted by molar-refractivity contribution is 8.14. The Morgan fingerprint density at radius 1 is 0.947 bits per heavy atom. The second-order valence-electron chi connectivity index (χ2n) is 8.69. The maximum Gasteiger partial charge on any atom is 0.259 e. The molecule has 8 nitrogen and oxygen atoms in total. The predicted molar refractivity (Wildman–Crippen MR) is 146 cm³/mol. The van der Waals surface area contributed by atoms with E-state index in [1.807, 2.05) is 54.6 Å². The average Bonchev–Trinajstić information content (AvgIpc) is 3.25. The van der Waals surface area contributed by atoms with Crippen LogP contribution in [0.1, 0.15) is 17.5 Å². The molecule has 0 aliphatic carbocycles. The summed E-state index contributed by atoms with van der Waals surface area (Å²) in [6.45, 7) is 0.457. The van der Waals surface area contributed by atoms with E-state index in [2.05, 4.69) is 20.6 Å². The van der Waals surface area contributed by atoms with Gasteiger partial charge in [0.1, 0.15) is 17.7 Å². The minimum atomic E-state index is -0.883. The maximum atomic E-state index is 13.4. The van der Waals surface area contributed by atoms with Crippen molar-refractivity contribution in [3.63, 3.8) is 0 Å². The summed E-state index contributed by atoms with van der Waals surface area (Å²) in [5.41, 5.74) is 2.89. The van der Waals surface area contributed by atoms with Gasteiger partial charge in [-0.1, -0.05) is 54.2 Å². The topological polar surface area (TPSA) is 103 Å². The fourth-order valence-corrected chi connectivity index (χ4v) is 4.93. The van der Waals surface area contributed by atoms with Gasteiger partial charge in [0.15, 0.2) is 5.17 Å². The van der Waals surface area contributed by atoms with Crippen LogP contribution in [0.4, 0.5) is 15.8 Å². The summed E-state index contributed by atoms with van der Waals surface area (Å²) in [5, 5.41) is 5.88. The Morgan fingerprint density at radius 3 is 2.47 bits per heavy atom. The van der Waals surface area contributed by atoms with E-state index < -0.39 is 11.9 Å². The van der Waals surface area contributed by atoms with Crippen molar-refractivity contribution in [3.8, 4) is 0 Å². The van der Waals surface area contributed by atoms with Crippen molar-refractivity contribution < 1.29 is 18.8 Å². The number of carbonyl (C=O) groups excluding carboxylic acids is 3. The van der Waals surface area contributed by atoms with Crippen LogP contribution in [0, 0.1) is 5.82 Å². The lowest BCUT2D eigenvalue weighted by Crippen LogP contribution is -2.42. The summed E-state index contributed by atoms with van der Waals surface area (Å²) < 4.78 is 13.1. The van der Waals surface area contributed by atoms with Crippen LogP contribution in [0.15, 0.2) is 88.8 Å². The molecule has 2 aliphatic heterocycles. The molecule has 3 aromatic rings. The number of amides is 3. The average molecular weight is 530 g/mol. The first-order valence-corrected chi connectivity index (χ1v) is 13.1. The molecule has 5 rings (SSSR count). The lowest BCUT2D eigenvalue weighted by atomic mass is 10.1. The van der Waals surface area contributed by atoms with Crippen molar-refractivity contribution in [1.29, 1.82) is 0 Å². The lowest BCUT2D eigenvalue weighted by molar-refractivity contribution is -0.128. The number of halogens is 1. The fraction of sp³-hybridized carbons (Fsp3) is 0.179. The van der Waals surface area contributed by atoms with Crippen molar-refractivity contribution in [2.24, 2.45) is 9.98 Å². The molecule has 38 heavy (non-hydrogen) atoms. The first kappa shape index (κ1) is 25.3. The molecule has 0 saturated heterocycles. The molecule has 3 amide bonds. The summed E-state index contributed by atoms with van der Waals surface area (Å²) >= 11 is 1.09. The molecule has 2 aliphatic rings. The van der Waals surface area contributed by atoms with Crippen LogP contribution in [0.2, 0.25) is 0 Å². The van der Waals surface area contributed by atoms with Gasteiger partial charge in [0.05, 0.1) is 17.9 Å². The zero-order valence-corrected chi connectivity index (χ0v) is 21.1. The minimum Gasteiger partial charge on any atom is -0.356 e. The number of rotatable bonds is 8. The van der Waals surface area contributed by atoms with Crippen LogP contribution < -0.4 is 10.6 Å². The third kappa shape index (κ3) is 5.81. The van der Waals surface area contributed by atoms with Gasteiger partial charge in [-0.3, -0.25) is 19.4 Å². The van der Waals surface area contributed by atoms with E-state index in [1.54, 1.807) is 0 Å². The fourth-order valence-electron chi connectivity index (χ4n) is 4.13. The Balaban J connectivity index is 1.25. The van der Waals surface area contributed by atoms with Gasteiger partial charge in [-0.2, -0.15) is 0 Å². The Morgan fingerprint density at radius 2 is 1.68 bits per heavy atom. The van der Waals surface area contributed by atoms with E-state index in [-0.39, 0.29) is 29.9 Å². The highest BCUT2D eigenvalue weighted by atomic mass is 32.2. The highest BCUT2D eigenvalue weighted by Gasteiger charge is 2.42. The molecule has 2 heterocycles. The van der Waals surface area contributed by atoms with Crippen molar-refractivity contribution in [1.82, 2.24) is 10.2 Å². The van der Waals surface area contributed by atoms with Gasteiger partial charge in [-0.05, 0) is 48.4 Å². The van der Waals surface area contributed by atoms with Crippen LogP contribution in [0.3, 0.4) is 0 Å². The number of nitrogens with one attached hydrogen (secondary N) is 2. The van der Waals surface area contributed by atoms with Gasteiger partial charge in [0.2, 0.25) is 11.8 Å². The monoisotopic (exact) mass is 529 g/mol. The smallest absolute Gasteiger partial charge is 0.259 e. The second kappa shape index (κ2) is 11.4. The molecule has 0 saturated carbocycles. The molecule has 0 unspecified atom stereocenters. The number of fused-ring (bicyclic) bond motifs is 3. The van der Waals surface area contributed by atoms with Crippen LogP contribution in [0.5, 0.6) is 0 Å². The van der Waals surface area contributed by atoms with Gasteiger partial charge in [0.25, 0.3) is 5.91 Å². The molecule has 2 N–H and O–H groups in total. The molecule has 0 bridgehead atoms. The summed E-state index contributed by atoms with van der Waals surface area (Å²) in [5.74, 6) is -0.960. The summed E-state index contributed by atoms with van der Waals surface area (Å²) in [4.78, 5) is 49.1. The second-order valence-corrected chi connectivity index (χ2v) is 9.63. The van der Waals surface area contributed by atoms with E-state index in [0.29, 0.717) is 40.9 Å². The quantitative estimate of drug-likeness (QED) is 0.462.